The Balaban J connectivity index is 1.60. The van der Waals surface area contributed by atoms with Gasteiger partial charge in [-0.1, -0.05) is 12.8 Å². The molecule has 28 heavy (non-hydrogen) atoms. The van der Waals surface area contributed by atoms with Crippen molar-refractivity contribution in [2.45, 2.75) is 30.6 Å². The average Bonchev–Trinajstić information content (AvgIpc) is 2.94. The summed E-state index contributed by atoms with van der Waals surface area (Å²) < 4.78 is 36.5. The molecular weight excluding hydrogens is 388 g/mol. The third kappa shape index (κ3) is 4.50. The fourth-order valence-electron chi connectivity index (χ4n) is 3.10. The summed E-state index contributed by atoms with van der Waals surface area (Å²) in [5.74, 6) is -1.45. The van der Waals surface area contributed by atoms with Gasteiger partial charge in [0.25, 0.3) is 5.91 Å². The molecule has 0 aromatic heterocycles. The number of rotatable bonds is 5. The maximum absolute atomic E-state index is 12.7. The first kappa shape index (κ1) is 20.3. The number of esters is 1. The monoisotopic (exact) mass is 410 g/mol. The van der Waals surface area contributed by atoms with Gasteiger partial charge in [-0.2, -0.15) is 4.31 Å². The smallest absolute Gasteiger partial charge is 0.416 e. The van der Waals surface area contributed by atoms with E-state index in [1.807, 2.05) is 0 Å². The van der Waals surface area contributed by atoms with E-state index in [1.165, 1.54) is 28.6 Å². The van der Waals surface area contributed by atoms with E-state index >= 15 is 0 Å². The van der Waals surface area contributed by atoms with Crippen LogP contribution in [0.4, 0.5) is 4.79 Å². The van der Waals surface area contributed by atoms with Gasteiger partial charge in [0.05, 0.1) is 17.0 Å². The van der Waals surface area contributed by atoms with E-state index in [4.69, 9.17) is 4.74 Å². The summed E-state index contributed by atoms with van der Waals surface area (Å²) in [4.78, 5) is 36.2. The number of imide groups is 1. The zero-order valence-electron chi connectivity index (χ0n) is 15.3. The quantitative estimate of drug-likeness (QED) is 0.675. The van der Waals surface area contributed by atoms with Crippen molar-refractivity contribution in [2.75, 3.05) is 32.8 Å². The largest absolute Gasteiger partial charge is 0.452 e. The van der Waals surface area contributed by atoms with E-state index in [0.717, 1.165) is 30.6 Å². The number of carbonyl (C=O) groups is 3. The molecule has 2 saturated heterocycles. The Morgan fingerprint density at radius 2 is 1.64 bits per heavy atom. The van der Waals surface area contributed by atoms with E-state index in [-0.39, 0.29) is 23.6 Å². The average molecular weight is 410 g/mol. The topological polar surface area (TPSA) is 110 Å². The lowest BCUT2D eigenvalue weighted by Crippen LogP contribution is -2.35. The minimum Gasteiger partial charge on any atom is -0.452 e. The first-order chi connectivity index (χ1) is 13.4. The number of cyclic esters (lactones) is 1. The van der Waals surface area contributed by atoms with Gasteiger partial charge < -0.3 is 9.47 Å². The molecule has 0 unspecified atom stereocenters. The van der Waals surface area contributed by atoms with Crippen molar-refractivity contribution < 1.29 is 32.3 Å². The number of benzene rings is 1. The number of hydrogen-bond acceptors (Lipinski definition) is 7. The lowest BCUT2D eigenvalue weighted by Gasteiger charge is -2.20. The molecule has 2 fully saturated rings. The predicted octanol–water partition coefficient (Wildman–Crippen LogP) is 1.39. The van der Waals surface area contributed by atoms with Crippen molar-refractivity contribution in [3.8, 4) is 0 Å². The number of sulfonamides is 1. The highest BCUT2D eigenvalue weighted by Gasteiger charge is 2.29. The molecule has 0 N–H and O–H groups in total. The Morgan fingerprint density at radius 1 is 1.00 bits per heavy atom. The fraction of sp³-hybridized carbons (Fsp3) is 0.500. The molecule has 9 nitrogen and oxygen atoms in total. The predicted molar refractivity (Wildman–Crippen MR) is 97.0 cm³/mol. The second-order valence-electron chi connectivity index (χ2n) is 6.58. The molecule has 0 saturated carbocycles. The van der Waals surface area contributed by atoms with Gasteiger partial charge in [-0.15, -0.1) is 0 Å². The maximum Gasteiger partial charge on any atom is 0.416 e. The van der Waals surface area contributed by atoms with Crippen LogP contribution in [0.5, 0.6) is 0 Å². The highest BCUT2D eigenvalue weighted by atomic mass is 32.2. The van der Waals surface area contributed by atoms with Crippen molar-refractivity contribution in [1.82, 2.24) is 9.21 Å². The molecule has 3 rings (SSSR count). The van der Waals surface area contributed by atoms with Crippen LogP contribution in [0, 0.1) is 0 Å². The lowest BCUT2D eigenvalue weighted by atomic mass is 10.2. The first-order valence-corrected chi connectivity index (χ1v) is 10.6. The summed E-state index contributed by atoms with van der Waals surface area (Å²) in [6, 6.07) is 5.41. The SMILES string of the molecule is O=C(OCC(=O)N1CCOC1=O)c1ccc(S(=O)(=O)N2CCCCCC2)cc1. The molecule has 0 spiro atoms. The molecule has 2 aliphatic heterocycles. The number of hydrogen-bond donors (Lipinski definition) is 0. The molecule has 0 atom stereocenters. The van der Waals surface area contributed by atoms with Gasteiger partial charge in [0.2, 0.25) is 10.0 Å². The Morgan fingerprint density at radius 3 is 2.21 bits per heavy atom. The van der Waals surface area contributed by atoms with Gasteiger partial charge >= 0.3 is 12.1 Å². The third-order valence-electron chi connectivity index (χ3n) is 4.68. The summed E-state index contributed by atoms with van der Waals surface area (Å²) in [5.41, 5.74) is 0.117. The molecule has 0 aliphatic carbocycles. The molecule has 1 aromatic carbocycles. The van der Waals surface area contributed by atoms with E-state index in [2.05, 4.69) is 4.74 Å². The number of carbonyl (C=O) groups excluding carboxylic acids is 3. The van der Waals surface area contributed by atoms with Gasteiger partial charge in [0.1, 0.15) is 6.61 Å². The Bertz CT molecular complexity index is 843. The Labute approximate surface area is 163 Å². The van der Waals surface area contributed by atoms with Crippen LogP contribution in [-0.2, 0) is 24.3 Å². The third-order valence-corrected chi connectivity index (χ3v) is 6.59. The lowest BCUT2D eigenvalue weighted by molar-refractivity contribution is -0.131. The van der Waals surface area contributed by atoms with Crippen LogP contribution in [0.25, 0.3) is 0 Å². The van der Waals surface area contributed by atoms with Crippen LogP contribution in [0.2, 0.25) is 0 Å². The Hall–Kier alpha value is -2.46. The van der Waals surface area contributed by atoms with Crippen LogP contribution in [0.15, 0.2) is 29.2 Å². The highest BCUT2D eigenvalue weighted by molar-refractivity contribution is 7.89. The van der Waals surface area contributed by atoms with Gasteiger partial charge in [0.15, 0.2) is 6.61 Å². The van der Waals surface area contributed by atoms with E-state index < -0.39 is 34.6 Å². The maximum atomic E-state index is 12.7. The zero-order valence-corrected chi connectivity index (χ0v) is 16.2. The van der Waals surface area contributed by atoms with Crippen LogP contribution in [0.1, 0.15) is 36.0 Å². The van der Waals surface area contributed by atoms with Gasteiger partial charge in [0, 0.05) is 13.1 Å². The van der Waals surface area contributed by atoms with Gasteiger partial charge in [-0.05, 0) is 37.1 Å². The molecule has 2 aliphatic rings. The second-order valence-corrected chi connectivity index (χ2v) is 8.52. The van der Waals surface area contributed by atoms with E-state index in [0.29, 0.717) is 13.1 Å². The normalized spacial score (nSPS) is 18.4. The summed E-state index contributed by atoms with van der Waals surface area (Å²) in [5, 5.41) is 0. The van der Waals surface area contributed by atoms with Crippen molar-refractivity contribution in [2.24, 2.45) is 0 Å². The molecule has 0 radical (unpaired) electrons. The van der Waals surface area contributed by atoms with Crippen molar-refractivity contribution >= 4 is 28.0 Å². The number of amides is 2. The van der Waals surface area contributed by atoms with Crippen LogP contribution in [0.3, 0.4) is 0 Å². The molecule has 2 heterocycles. The first-order valence-electron chi connectivity index (χ1n) is 9.14. The Kier molecular flexibility index (Phi) is 6.30. The second kappa shape index (κ2) is 8.70. The molecule has 0 bridgehead atoms. The minimum atomic E-state index is -3.60. The van der Waals surface area contributed by atoms with Gasteiger partial charge in [-0.25, -0.2) is 22.9 Å². The number of ether oxygens (including phenoxy) is 2. The molecule has 10 heteroatoms. The van der Waals surface area contributed by atoms with Crippen LogP contribution < -0.4 is 0 Å². The molecule has 2 amide bonds. The fourth-order valence-corrected chi connectivity index (χ4v) is 4.62. The summed E-state index contributed by atoms with van der Waals surface area (Å²) in [7, 11) is -3.60. The summed E-state index contributed by atoms with van der Waals surface area (Å²) in [6.45, 7) is 0.631. The minimum absolute atomic E-state index is 0.113. The highest BCUT2D eigenvalue weighted by Crippen LogP contribution is 2.21. The summed E-state index contributed by atoms with van der Waals surface area (Å²) >= 11 is 0. The van der Waals surface area contributed by atoms with Crippen LogP contribution in [-0.4, -0.2) is 68.4 Å². The molecule has 1 aromatic rings. The zero-order chi connectivity index (χ0) is 20.1. The van der Waals surface area contributed by atoms with Crippen molar-refractivity contribution in [3.63, 3.8) is 0 Å². The standard InChI is InChI=1S/C18H22N2O7S/c21-16(20-11-12-26-18(20)23)13-27-17(22)14-5-7-15(8-6-14)28(24,25)19-9-3-1-2-4-10-19/h5-8H,1-4,9-13H2. The molecular formula is C18H22N2O7S. The molecule has 152 valence electrons. The van der Waals surface area contributed by atoms with Crippen molar-refractivity contribution in [1.29, 1.82) is 0 Å². The summed E-state index contributed by atoms with van der Waals surface area (Å²) in [6.07, 6.45) is 2.95. The van der Waals surface area contributed by atoms with E-state index in [9.17, 15) is 22.8 Å². The van der Waals surface area contributed by atoms with Crippen molar-refractivity contribution in [3.05, 3.63) is 29.8 Å². The van der Waals surface area contributed by atoms with Crippen LogP contribution >= 0.6 is 0 Å². The number of nitrogens with zero attached hydrogens (tertiary/aromatic N) is 2. The van der Waals surface area contributed by atoms with E-state index in [1.54, 1.807) is 0 Å². The van der Waals surface area contributed by atoms with Gasteiger partial charge in [-0.3, -0.25) is 4.79 Å².